The second-order valence-corrected chi connectivity index (χ2v) is 8.77. The van der Waals surface area contributed by atoms with Gasteiger partial charge in [0.25, 0.3) is 0 Å². The first-order chi connectivity index (χ1) is 15.0. The summed E-state index contributed by atoms with van der Waals surface area (Å²) in [5.74, 6) is 0.738. The third-order valence-electron chi connectivity index (χ3n) is 5.08. The van der Waals surface area contributed by atoms with E-state index in [9.17, 15) is 0 Å². The van der Waals surface area contributed by atoms with Crippen LogP contribution in [-0.4, -0.2) is 4.98 Å². The van der Waals surface area contributed by atoms with Gasteiger partial charge in [-0.15, -0.1) is 11.3 Å². The van der Waals surface area contributed by atoms with Crippen LogP contribution in [0, 0.1) is 13.8 Å². The van der Waals surface area contributed by atoms with Crippen LogP contribution in [0.15, 0.2) is 87.6 Å². The van der Waals surface area contributed by atoms with Gasteiger partial charge in [-0.2, -0.15) is 0 Å². The molecule has 5 heteroatoms. The van der Waals surface area contributed by atoms with Gasteiger partial charge in [0.2, 0.25) is 5.13 Å². The standard InChI is InChI=1S/C26H19ClN2OS/c1-16-3-6-18(7-4-16)23-15-31-26(29-23)28-22-14-25(19-8-10-20(27)11-9-19)30-24-12-5-17(2)13-21(22)24/h3-15H,1-2H3/b28-22+. The highest BCUT2D eigenvalue weighted by Crippen LogP contribution is 2.28. The average molecular weight is 443 g/mol. The second-order valence-electron chi connectivity index (χ2n) is 7.50. The van der Waals surface area contributed by atoms with Crippen molar-refractivity contribution < 1.29 is 4.42 Å². The second kappa shape index (κ2) is 8.14. The maximum absolute atomic E-state index is 6.19. The third-order valence-corrected chi connectivity index (χ3v) is 6.07. The summed E-state index contributed by atoms with van der Waals surface area (Å²) in [5, 5.41) is 5.25. The Bertz CT molecular complexity index is 1450. The number of halogens is 1. The number of aryl methyl sites for hydroxylation is 2. The van der Waals surface area contributed by atoms with Gasteiger partial charge < -0.3 is 4.42 Å². The first-order valence-electron chi connectivity index (χ1n) is 9.93. The van der Waals surface area contributed by atoms with Crippen molar-refractivity contribution in [1.29, 1.82) is 0 Å². The molecule has 0 radical (unpaired) electrons. The predicted octanol–water partition coefficient (Wildman–Crippen LogP) is 7.73. The fourth-order valence-corrected chi connectivity index (χ4v) is 4.24. The normalized spacial score (nSPS) is 11.9. The molecule has 0 unspecified atom stereocenters. The monoisotopic (exact) mass is 442 g/mol. The van der Waals surface area contributed by atoms with E-state index in [4.69, 9.17) is 26.0 Å². The highest BCUT2D eigenvalue weighted by Gasteiger charge is 2.09. The molecule has 2 heterocycles. The van der Waals surface area contributed by atoms with E-state index in [2.05, 4.69) is 44.2 Å². The smallest absolute Gasteiger partial charge is 0.210 e. The third kappa shape index (κ3) is 4.18. The lowest BCUT2D eigenvalue weighted by Gasteiger charge is -2.06. The summed E-state index contributed by atoms with van der Waals surface area (Å²) in [4.78, 5) is 9.65. The lowest BCUT2D eigenvalue weighted by Crippen LogP contribution is -2.03. The Morgan fingerprint density at radius 2 is 1.55 bits per heavy atom. The van der Waals surface area contributed by atoms with Crippen molar-refractivity contribution >= 4 is 39.0 Å². The van der Waals surface area contributed by atoms with Crippen molar-refractivity contribution in [2.45, 2.75) is 13.8 Å². The topological polar surface area (TPSA) is 38.4 Å². The van der Waals surface area contributed by atoms with Crippen LogP contribution in [0.4, 0.5) is 5.13 Å². The van der Waals surface area contributed by atoms with Gasteiger partial charge in [0.15, 0.2) is 0 Å². The Kier molecular flexibility index (Phi) is 5.18. The zero-order chi connectivity index (χ0) is 21.4. The minimum absolute atomic E-state index is 0.691. The molecule has 3 nitrogen and oxygen atoms in total. The van der Waals surface area contributed by atoms with Crippen LogP contribution in [0.5, 0.6) is 0 Å². The molecule has 5 rings (SSSR count). The summed E-state index contributed by atoms with van der Waals surface area (Å²) in [7, 11) is 0. The van der Waals surface area contributed by atoms with Gasteiger partial charge in [0.05, 0.1) is 11.1 Å². The van der Waals surface area contributed by atoms with Crippen LogP contribution >= 0.6 is 22.9 Å². The Hall–Kier alpha value is -3.21. The fraction of sp³-hybridized carbons (Fsp3) is 0.0769. The molecule has 2 aromatic heterocycles. The Morgan fingerprint density at radius 3 is 2.32 bits per heavy atom. The molecule has 31 heavy (non-hydrogen) atoms. The van der Waals surface area contributed by atoms with E-state index in [-0.39, 0.29) is 0 Å². The first kappa shape index (κ1) is 19.7. The fourth-order valence-electron chi connectivity index (χ4n) is 3.41. The zero-order valence-corrected chi connectivity index (χ0v) is 18.7. The number of hydrogen-bond donors (Lipinski definition) is 0. The van der Waals surface area contributed by atoms with E-state index in [1.165, 1.54) is 16.9 Å². The van der Waals surface area contributed by atoms with Gasteiger partial charge in [-0.1, -0.05) is 53.1 Å². The average Bonchev–Trinajstić information content (AvgIpc) is 3.23. The molecule has 152 valence electrons. The van der Waals surface area contributed by atoms with E-state index < -0.39 is 0 Å². The maximum Gasteiger partial charge on any atom is 0.210 e. The van der Waals surface area contributed by atoms with E-state index in [1.54, 1.807) is 0 Å². The van der Waals surface area contributed by atoms with Crippen LogP contribution in [0.3, 0.4) is 0 Å². The van der Waals surface area contributed by atoms with Crippen LogP contribution in [0.25, 0.3) is 33.6 Å². The molecule has 0 aliphatic rings. The van der Waals surface area contributed by atoms with Crippen LogP contribution in [0.1, 0.15) is 11.1 Å². The van der Waals surface area contributed by atoms with Gasteiger partial charge in [-0.25, -0.2) is 9.98 Å². The number of rotatable bonds is 3. The van der Waals surface area contributed by atoms with Gasteiger partial charge in [0, 0.05) is 33.0 Å². The Balaban J connectivity index is 1.66. The molecule has 3 aromatic carbocycles. The molecule has 0 bridgehead atoms. The van der Waals surface area contributed by atoms with E-state index in [1.807, 2.05) is 47.8 Å². The van der Waals surface area contributed by atoms with Crippen molar-refractivity contribution in [2.75, 3.05) is 0 Å². The summed E-state index contributed by atoms with van der Waals surface area (Å²) in [6.07, 6.45) is 0. The van der Waals surface area contributed by atoms with Gasteiger partial charge >= 0.3 is 0 Å². The summed E-state index contributed by atoms with van der Waals surface area (Å²) in [6.45, 7) is 4.15. The highest BCUT2D eigenvalue weighted by molar-refractivity contribution is 7.13. The first-order valence-corrected chi connectivity index (χ1v) is 11.2. The number of fused-ring (bicyclic) bond motifs is 1. The summed E-state index contributed by atoms with van der Waals surface area (Å²) >= 11 is 7.59. The van der Waals surface area contributed by atoms with Crippen molar-refractivity contribution in [3.63, 3.8) is 0 Å². The number of nitrogens with zero attached hydrogens (tertiary/aromatic N) is 2. The lowest BCUT2D eigenvalue weighted by atomic mass is 10.1. The van der Waals surface area contributed by atoms with Gasteiger partial charge in [0.1, 0.15) is 11.3 Å². The molecule has 0 saturated heterocycles. The highest BCUT2D eigenvalue weighted by atomic mass is 35.5. The Labute approximate surface area is 189 Å². The van der Waals surface area contributed by atoms with Crippen molar-refractivity contribution in [2.24, 2.45) is 4.99 Å². The molecular formula is C26H19ClN2OS. The molecule has 0 atom stereocenters. The summed E-state index contributed by atoms with van der Waals surface area (Å²) in [6, 6.07) is 24.1. The summed E-state index contributed by atoms with van der Waals surface area (Å²) < 4.78 is 6.19. The van der Waals surface area contributed by atoms with E-state index in [0.717, 1.165) is 44.5 Å². The van der Waals surface area contributed by atoms with E-state index >= 15 is 0 Å². The van der Waals surface area contributed by atoms with Crippen molar-refractivity contribution in [3.05, 3.63) is 99.7 Å². The minimum atomic E-state index is 0.691. The SMILES string of the molecule is Cc1ccc(-c2csc(/N=c3\cc(-c4ccc(Cl)cc4)oc4ccc(C)cc34)n2)cc1. The maximum atomic E-state index is 6.19. The molecule has 0 saturated carbocycles. The number of benzene rings is 3. The number of thiazole rings is 1. The van der Waals surface area contributed by atoms with Crippen molar-refractivity contribution in [1.82, 2.24) is 4.98 Å². The predicted molar refractivity (Wildman–Crippen MR) is 129 cm³/mol. The Morgan fingerprint density at radius 1 is 0.839 bits per heavy atom. The molecule has 0 spiro atoms. The molecule has 5 aromatic rings. The molecule has 0 fully saturated rings. The van der Waals surface area contributed by atoms with Gasteiger partial charge in [-0.3, -0.25) is 0 Å². The largest absolute Gasteiger partial charge is 0.456 e. The number of aromatic nitrogens is 1. The molecular weight excluding hydrogens is 424 g/mol. The molecule has 0 amide bonds. The number of hydrogen-bond acceptors (Lipinski definition) is 4. The van der Waals surface area contributed by atoms with Gasteiger partial charge in [-0.05, 0) is 50.2 Å². The van der Waals surface area contributed by atoms with Crippen LogP contribution in [-0.2, 0) is 0 Å². The molecule has 0 N–H and O–H groups in total. The summed E-state index contributed by atoms with van der Waals surface area (Å²) in [5.41, 5.74) is 6.14. The van der Waals surface area contributed by atoms with Crippen molar-refractivity contribution in [3.8, 4) is 22.6 Å². The van der Waals surface area contributed by atoms with E-state index in [0.29, 0.717) is 10.2 Å². The lowest BCUT2D eigenvalue weighted by molar-refractivity contribution is 0.618. The molecule has 0 aliphatic heterocycles. The zero-order valence-electron chi connectivity index (χ0n) is 17.1. The quantitative estimate of drug-likeness (QED) is 0.286. The van der Waals surface area contributed by atoms with Crippen LogP contribution in [0.2, 0.25) is 5.02 Å². The minimum Gasteiger partial charge on any atom is -0.456 e. The molecule has 0 aliphatic carbocycles. The van der Waals surface area contributed by atoms with Crippen LogP contribution < -0.4 is 5.36 Å².